The molecule has 0 heterocycles. The molecule has 1 amide bonds. The third-order valence-electron chi connectivity index (χ3n) is 3.73. The van der Waals surface area contributed by atoms with Crippen LogP contribution in [0.15, 0.2) is 69.7 Å². The number of nitrogens with two attached hydrogens (primary N) is 1. The summed E-state index contributed by atoms with van der Waals surface area (Å²) < 4.78 is 23.3. The van der Waals surface area contributed by atoms with Crippen LogP contribution in [-0.4, -0.2) is 19.4 Å². The molecule has 0 fully saturated rings. The third kappa shape index (κ3) is 4.10. The second kappa shape index (κ2) is 7.14. The van der Waals surface area contributed by atoms with Gasteiger partial charge < -0.3 is 10.4 Å². The molecule has 0 unspecified atom stereocenters. The summed E-state index contributed by atoms with van der Waals surface area (Å²) in [6, 6.07) is 14.0. The first-order valence-corrected chi connectivity index (χ1v) is 9.37. The van der Waals surface area contributed by atoms with Gasteiger partial charge in [-0.1, -0.05) is 12.1 Å². The number of nitrogens with one attached hydrogen (secondary N) is 1. The Bertz CT molecular complexity index is 1170. The molecule has 0 saturated heterocycles. The Labute approximate surface area is 155 Å². The maximum atomic E-state index is 11.7. The zero-order valence-electron chi connectivity index (χ0n) is 14.2. The fraction of sp³-hybridized carbons (Fsp3) is 0.0556. The molecule has 0 saturated carbocycles. The monoisotopic (exact) mass is 384 g/mol. The van der Waals surface area contributed by atoms with Gasteiger partial charge in [-0.15, -0.1) is 10.2 Å². The third-order valence-corrected chi connectivity index (χ3v) is 4.69. The average Bonchev–Trinajstić information content (AvgIpc) is 2.60. The highest BCUT2D eigenvalue weighted by molar-refractivity contribution is 7.89. The molecule has 3 aromatic carbocycles. The zero-order valence-corrected chi connectivity index (χ0v) is 15.1. The molecule has 3 rings (SSSR count). The first kappa shape index (κ1) is 18.5. The Morgan fingerprint density at radius 1 is 1.00 bits per heavy atom. The first-order chi connectivity index (χ1) is 12.8. The van der Waals surface area contributed by atoms with Gasteiger partial charge in [0.05, 0.1) is 5.69 Å². The average molecular weight is 384 g/mol. The molecule has 0 spiro atoms. The van der Waals surface area contributed by atoms with Crippen LogP contribution in [0.2, 0.25) is 0 Å². The van der Waals surface area contributed by atoms with Crippen molar-refractivity contribution in [2.75, 3.05) is 5.32 Å². The van der Waals surface area contributed by atoms with Gasteiger partial charge in [-0.25, -0.2) is 13.6 Å². The number of phenols is 1. The van der Waals surface area contributed by atoms with E-state index in [1.54, 1.807) is 30.3 Å². The van der Waals surface area contributed by atoms with Crippen LogP contribution in [0.3, 0.4) is 0 Å². The zero-order chi connectivity index (χ0) is 19.6. The molecule has 0 aliphatic rings. The van der Waals surface area contributed by atoms with Gasteiger partial charge in [-0.3, -0.25) is 4.79 Å². The predicted molar refractivity (Wildman–Crippen MR) is 102 cm³/mol. The number of fused-ring (bicyclic) bond motifs is 1. The largest absolute Gasteiger partial charge is 0.507 e. The number of hydrogen-bond acceptors (Lipinski definition) is 6. The normalized spacial score (nSPS) is 11.8. The Morgan fingerprint density at radius 2 is 1.70 bits per heavy atom. The van der Waals surface area contributed by atoms with Crippen molar-refractivity contribution < 1.29 is 18.3 Å². The summed E-state index contributed by atoms with van der Waals surface area (Å²) in [6.07, 6.45) is 0. The fourth-order valence-corrected chi connectivity index (χ4v) is 3.24. The predicted octanol–water partition coefficient (Wildman–Crippen LogP) is 3.57. The number of aromatic hydroxyl groups is 1. The van der Waals surface area contributed by atoms with Crippen molar-refractivity contribution in [3.8, 4) is 5.75 Å². The van der Waals surface area contributed by atoms with E-state index in [4.69, 9.17) is 5.14 Å². The summed E-state index contributed by atoms with van der Waals surface area (Å²) in [4.78, 5) is 11.1. The molecule has 0 atom stereocenters. The van der Waals surface area contributed by atoms with Gasteiger partial charge in [0.2, 0.25) is 15.9 Å². The van der Waals surface area contributed by atoms with Gasteiger partial charge in [-0.2, -0.15) is 0 Å². The Kier molecular flexibility index (Phi) is 4.89. The summed E-state index contributed by atoms with van der Waals surface area (Å²) in [5.41, 5.74) is 1.05. The lowest BCUT2D eigenvalue weighted by atomic mass is 10.1. The van der Waals surface area contributed by atoms with Crippen LogP contribution in [-0.2, 0) is 14.8 Å². The summed E-state index contributed by atoms with van der Waals surface area (Å²) >= 11 is 0. The highest BCUT2D eigenvalue weighted by Gasteiger charge is 2.13. The minimum atomic E-state index is -3.94. The summed E-state index contributed by atoms with van der Waals surface area (Å²) in [5, 5.41) is 27.1. The number of anilines is 1. The standard InChI is InChI=1S/C18H16N4O4S/c1-11(23)20-12-6-7-13-14(10-12)17(24)9-8-15(13)21-22-16-4-2-3-5-18(16)27(19,25)26/h2-10,24H,1H3,(H,20,23)(H2,19,25,26). The van der Waals surface area contributed by atoms with E-state index in [9.17, 15) is 18.3 Å². The summed E-state index contributed by atoms with van der Waals surface area (Å²) in [6.45, 7) is 1.39. The van der Waals surface area contributed by atoms with Crippen LogP contribution in [0.4, 0.5) is 17.1 Å². The molecule has 0 aliphatic carbocycles. The van der Waals surface area contributed by atoms with E-state index in [0.29, 0.717) is 22.1 Å². The van der Waals surface area contributed by atoms with Gasteiger partial charge in [-0.05, 0) is 42.5 Å². The molecule has 4 N–H and O–H groups in total. The van der Waals surface area contributed by atoms with E-state index in [1.165, 1.54) is 31.2 Å². The van der Waals surface area contributed by atoms with Crippen LogP contribution < -0.4 is 10.5 Å². The minimum absolute atomic E-state index is 0.0149. The van der Waals surface area contributed by atoms with Crippen LogP contribution in [0.1, 0.15) is 6.92 Å². The molecular weight excluding hydrogens is 368 g/mol. The van der Waals surface area contributed by atoms with Crippen molar-refractivity contribution in [1.29, 1.82) is 0 Å². The molecule has 8 nitrogen and oxygen atoms in total. The summed E-state index contributed by atoms with van der Waals surface area (Å²) in [5.74, 6) is -0.217. The van der Waals surface area contributed by atoms with Gasteiger partial charge >= 0.3 is 0 Å². The Balaban J connectivity index is 2.07. The van der Waals surface area contributed by atoms with E-state index >= 15 is 0 Å². The lowest BCUT2D eigenvalue weighted by Crippen LogP contribution is -2.12. The first-order valence-electron chi connectivity index (χ1n) is 7.82. The topological polar surface area (TPSA) is 134 Å². The summed E-state index contributed by atoms with van der Waals surface area (Å²) in [7, 11) is -3.94. The van der Waals surface area contributed by atoms with E-state index in [-0.39, 0.29) is 22.2 Å². The quantitative estimate of drug-likeness (QED) is 0.593. The molecule has 9 heteroatoms. The van der Waals surface area contributed by atoms with Crippen molar-refractivity contribution in [3.63, 3.8) is 0 Å². The van der Waals surface area contributed by atoms with Crippen LogP contribution in [0, 0.1) is 0 Å². The smallest absolute Gasteiger partial charge is 0.240 e. The number of primary sulfonamides is 1. The van der Waals surface area contributed by atoms with Gasteiger partial charge in [0.15, 0.2) is 0 Å². The van der Waals surface area contributed by atoms with E-state index in [2.05, 4.69) is 15.5 Å². The number of benzene rings is 3. The van der Waals surface area contributed by atoms with Crippen molar-refractivity contribution in [1.82, 2.24) is 0 Å². The van der Waals surface area contributed by atoms with E-state index in [0.717, 1.165) is 0 Å². The molecule has 138 valence electrons. The number of carbonyl (C=O) groups excluding carboxylic acids is 1. The second-order valence-corrected chi connectivity index (χ2v) is 7.29. The second-order valence-electron chi connectivity index (χ2n) is 5.76. The Hall–Kier alpha value is -3.30. The van der Waals surface area contributed by atoms with Gasteiger partial charge in [0.25, 0.3) is 0 Å². The van der Waals surface area contributed by atoms with Gasteiger partial charge in [0.1, 0.15) is 16.3 Å². The molecule has 3 aromatic rings. The van der Waals surface area contributed by atoms with Crippen molar-refractivity contribution in [3.05, 3.63) is 54.6 Å². The number of nitrogens with zero attached hydrogens (tertiary/aromatic N) is 2. The number of phenolic OH excluding ortho intramolecular Hbond substituents is 1. The SMILES string of the molecule is CC(=O)Nc1ccc2c(N=Nc3ccccc3S(N)(=O)=O)ccc(O)c2c1. The van der Waals surface area contributed by atoms with Crippen LogP contribution in [0.5, 0.6) is 5.75 Å². The fourth-order valence-electron chi connectivity index (χ4n) is 2.57. The molecular formula is C18H16N4O4S. The number of hydrogen-bond donors (Lipinski definition) is 3. The molecule has 0 bridgehead atoms. The van der Waals surface area contributed by atoms with Crippen molar-refractivity contribution in [2.24, 2.45) is 15.4 Å². The molecule has 0 radical (unpaired) electrons. The number of azo groups is 1. The lowest BCUT2D eigenvalue weighted by molar-refractivity contribution is -0.114. The Morgan fingerprint density at radius 3 is 2.41 bits per heavy atom. The number of sulfonamides is 1. The van der Waals surface area contributed by atoms with Gasteiger partial charge in [0, 0.05) is 23.4 Å². The van der Waals surface area contributed by atoms with Crippen LogP contribution >= 0.6 is 0 Å². The lowest BCUT2D eigenvalue weighted by Gasteiger charge is -2.08. The van der Waals surface area contributed by atoms with E-state index < -0.39 is 10.0 Å². The van der Waals surface area contributed by atoms with Crippen molar-refractivity contribution >= 4 is 43.8 Å². The van der Waals surface area contributed by atoms with Crippen molar-refractivity contribution in [2.45, 2.75) is 11.8 Å². The number of carbonyl (C=O) groups is 1. The maximum absolute atomic E-state index is 11.7. The highest BCUT2D eigenvalue weighted by atomic mass is 32.2. The molecule has 0 aliphatic heterocycles. The molecule has 27 heavy (non-hydrogen) atoms. The van der Waals surface area contributed by atoms with Crippen LogP contribution in [0.25, 0.3) is 10.8 Å². The minimum Gasteiger partial charge on any atom is -0.507 e. The number of amides is 1. The number of rotatable bonds is 4. The van der Waals surface area contributed by atoms with E-state index in [1.807, 2.05) is 0 Å². The maximum Gasteiger partial charge on any atom is 0.240 e. The highest BCUT2D eigenvalue weighted by Crippen LogP contribution is 2.35. The molecule has 0 aromatic heterocycles.